The van der Waals surface area contributed by atoms with E-state index >= 15 is 0 Å². The van der Waals surface area contributed by atoms with Crippen molar-refractivity contribution in [2.75, 3.05) is 26.2 Å². The number of hydrogen-bond donors (Lipinski definition) is 0. The van der Waals surface area contributed by atoms with E-state index in [1.807, 2.05) is 36.6 Å². The Bertz CT molecular complexity index is 1230. The second-order valence-corrected chi connectivity index (χ2v) is 10.6. The van der Waals surface area contributed by atoms with E-state index in [1.165, 1.54) is 10.4 Å². The van der Waals surface area contributed by atoms with Gasteiger partial charge >= 0.3 is 0 Å². The van der Waals surface area contributed by atoms with Crippen molar-refractivity contribution in [1.29, 1.82) is 0 Å². The topological polar surface area (TPSA) is 79.8 Å². The van der Waals surface area contributed by atoms with Gasteiger partial charge in [-0.05, 0) is 42.8 Å². The van der Waals surface area contributed by atoms with E-state index in [2.05, 4.69) is 4.98 Å². The molecule has 0 atom stereocenters. The van der Waals surface area contributed by atoms with Crippen molar-refractivity contribution in [1.82, 2.24) is 14.2 Å². The molecule has 0 spiro atoms. The number of benzene rings is 2. The lowest BCUT2D eigenvalue weighted by atomic mass is 10.2. The van der Waals surface area contributed by atoms with Gasteiger partial charge in [0.1, 0.15) is 12.4 Å². The minimum absolute atomic E-state index is 0.143. The van der Waals surface area contributed by atoms with Crippen LogP contribution in [0.15, 0.2) is 70.9 Å². The molecule has 1 aliphatic rings. The summed E-state index contributed by atoms with van der Waals surface area (Å²) in [5, 5.41) is 2.98. The molecule has 1 saturated heterocycles. The molecule has 0 radical (unpaired) electrons. The molecule has 1 amide bonds. The molecule has 1 aliphatic heterocycles. The number of carbonyl (C=O) groups is 1. The maximum absolute atomic E-state index is 12.7. The molecule has 1 fully saturated rings. The second-order valence-electron chi connectivity index (χ2n) is 7.59. The first kappa shape index (κ1) is 23.2. The zero-order valence-electron chi connectivity index (χ0n) is 18.3. The Hall–Kier alpha value is -3.01. The van der Waals surface area contributed by atoms with Crippen LogP contribution in [-0.2, 0) is 21.4 Å². The van der Waals surface area contributed by atoms with Gasteiger partial charge in [0, 0.05) is 37.6 Å². The molecule has 0 aliphatic carbocycles. The number of aryl methyl sites for hydroxylation is 1. The summed E-state index contributed by atoms with van der Waals surface area (Å²) in [6.07, 6.45) is 3.26. The van der Waals surface area contributed by atoms with E-state index in [0.29, 0.717) is 25.4 Å². The zero-order chi connectivity index (χ0) is 23.3. The predicted molar refractivity (Wildman–Crippen MR) is 128 cm³/mol. The lowest BCUT2D eigenvalue weighted by molar-refractivity contribution is -0.127. The number of thiazole rings is 1. The summed E-state index contributed by atoms with van der Waals surface area (Å²) < 4.78 is 32.7. The van der Waals surface area contributed by atoms with Crippen LogP contribution in [0.4, 0.5) is 0 Å². The van der Waals surface area contributed by atoms with Crippen molar-refractivity contribution >= 4 is 33.3 Å². The van der Waals surface area contributed by atoms with Crippen molar-refractivity contribution in [3.8, 4) is 5.75 Å². The van der Waals surface area contributed by atoms with Gasteiger partial charge in [-0.1, -0.05) is 30.3 Å². The minimum atomic E-state index is -3.54. The van der Waals surface area contributed by atoms with Gasteiger partial charge < -0.3 is 9.64 Å². The Labute approximate surface area is 198 Å². The second kappa shape index (κ2) is 10.3. The van der Waals surface area contributed by atoms with Gasteiger partial charge in [-0.15, -0.1) is 11.3 Å². The van der Waals surface area contributed by atoms with Crippen LogP contribution in [0.25, 0.3) is 6.08 Å². The first-order valence-corrected chi connectivity index (χ1v) is 12.9. The van der Waals surface area contributed by atoms with Crippen LogP contribution < -0.4 is 4.74 Å². The van der Waals surface area contributed by atoms with Crippen molar-refractivity contribution in [3.05, 3.63) is 82.3 Å². The molecule has 0 bridgehead atoms. The van der Waals surface area contributed by atoms with Gasteiger partial charge in [-0.2, -0.15) is 4.31 Å². The lowest BCUT2D eigenvalue weighted by Gasteiger charge is -2.33. The maximum Gasteiger partial charge on any atom is 0.246 e. The Kier molecular flexibility index (Phi) is 7.22. The average molecular weight is 484 g/mol. The molecule has 4 rings (SSSR count). The zero-order valence-corrected chi connectivity index (χ0v) is 19.9. The number of hydrogen-bond acceptors (Lipinski definition) is 6. The fourth-order valence-electron chi connectivity index (χ4n) is 3.50. The number of aromatic nitrogens is 1. The van der Waals surface area contributed by atoms with Crippen LogP contribution in [0.5, 0.6) is 5.75 Å². The summed E-state index contributed by atoms with van der Waals surface area (Å²) in [6, 6.07) is 15.9. The Morgan fingerprint density at radius 2 is 1.85 bits per heavy atom. The molecule has 0 unspecified atom stereocenters. The van der Waals surface area contributed by atoms with E-state index < -0.39 is 10.0 Å². The third-order valence-electron chi connectivity index (χ3n) is 5.26. The van der Waals surface area contributed by atoms with Gasteiger partial charge in [-0.25, -0.2) is 13.4 Å². The average Bonchev–Trinajstić information content (AvgIpc) is 3.27. The summed E-state index contributed by atoms with van der Waals surface area (Å²) in [7, 11) is -3.54. The van der Waals surface area contributed by atoms with Gasteiger partial charge in [-0.3, -0.25) is 4.79 Å². The van der Waals surface area contributed by atoms with Crippen molar-refractivity contribution in [3.63, 3.8) is 0 Å². The normalized spacial score (nSPS) is 15.1. The fourth-order valence-corrected chi connectivity index (χ4v) is 5.54. The number of carbonyl (C=O) groups excluding carboxylic acids is 1. The molecule has 1 aromatic heterocycles. The van der Waals surface area contributed by atoms with Crippen LogP contribution in [-0.4, -0.2) is 54.7 Å². The Morgan fingerprint density at radius 1 is 1.09 bits per heavy atom. The van der Waals surface area contributed by atoms with Gasteiger partial charge in [0.15, 0.2) is 0 Å². The van der Waals surface area contributed by atoms with E-state index in [0.717, 1.165) is 16.3 Å². The van der Waals surface area contributed by atoms with Gasteiger partial charge in [0.05, 0.1) is 15.6 Å². The highest BCUT2D eigenvalue weighted by Crippen LogP contribution is 2.19. The number of rotatable bonds is 7. The smallest absolute Gasteiger partial charge is 0.246 e. The van der Waals surface area contributed by atoms with E-state index in [4.69, 9.17) is 4.74 Å². The molecule has 3 aromatic rings. The summed E-state index contributed by atoms with van der Waals surface area (Å²) >= 11 is 1.59. The van der Waals surface area contributed by atoms with Gasteiger partial charge in [0.25, 0.3) is 0 Å². The number of sulfonamides is 1. The number of amides is 1. The fraction of sp³-hybridized carbons (Fsp3) is 0.250. The number of ether oxygens (including phenoxy) is 1. The van der Waals surface area contributed by atoms with Crippen molar-refractivity contribution in [2.45, 2.75) is 18.4 Å². The minimum Gasteiger partial charge on any atom is -0.487 e. The first-order valence-electron chi connectivity index (χ1n) is 10.6. The highest BCUT2D eigenvalue weighted by molar-refractivity contribution is 7.89. The van der Waals surface area contributed by atoms with E-state index in [9.17, 15) is 13.2 Å². The van der Waals surface area contributed by atoms with E-state index in [-0.39, 0.29) is 23.9 Å². The molecule has 172 valence electrons. The third kappa shape index (κ3) is 5.87. The van der Waals surface area contributed by atoms with E-state index in [1.54, 1.807) is 52.6 Å². The molecule has 7 nitrogen and oxygen atoms in total. The van der Waals surface area contributed by atoms with Crippen molar-refractivity contribution < 1.29 is 17.9 Å². The van der Waals surface area contributed by atoms with Gasteiger partial charge in [0.2, 0.25) is 15.9 Å². The number of piperazine rings is 1. The molecule has 2 aromatic carbocycles. The van der Waals surface area contributed by atoms with Crippen LogP contribution in [0, 0.1) is 6.92 Å². The maximum atomic E-state index is 12.7. The standard InChI is InChI=1S/C24H25N3O4S2/c1-19-25-21(18-32-19)17-31-22-7-5-6-20(16-22)10-11-24(28)26-12-14-27(15-13-26)33(29,30)23-8-3-2-4-9-23/h2-11,16,18H,12-15,17H2,1H3/b11-10+. The SMILES string of the molecule is Cc1nc(COc2cccc(/C=C/C(=O)N3CCN(S(=O)(=O)c4ccccc4)CC3)c2)cs1. The van der Waals surface area contributed by atoms with Crippen LogP contribution >= 0.6 is 11.3 Å². The van der Waals surface area contributed by atoms with Crippen LogP contribution in [0.3, 0.4) is 0 Å². The van der Waals surface area contributed by atoms with Crippen molar-refractivity contribution in [2.24, 2.45) is 0 Å². The third-order valence-corrected chi connectivity index (χ3v) is 8.00. The molecular weight excluding hydrogens is 458 g/mol. The Morgan fingerprint density at radius 3 is 2.55 bits per heavy atom. The summed E-state index contributed by atoms with van der Waals surface area (Å²) in [4.78, 5) is 19.0. The monoisotopic (exact) mass is 483 g/mol. The highest BCUT2D eigenvalue weighted by atomic mass is 32.2. The number of nitrogens with zero attached hydrogens (tertiary/aromatic N) is 3. The lowest BCUT2D eigenvalue weighted by Crippen LogP contribution is -2.50. The molecule has 9 heteroatoms. The molecule has 0 saturated carbocycles. The molecule has 0 N–H and O–H groups in total. The predicted octanol–water partition coefficient (Wildman–Crippen LogP) is 3.58. The quantitative estimate of drug-likeness (QED) is 0.480. The van der Waals surface area contributed by atoms with Crippen LogP contribution in [0.1, 0.15) is 16.3 Å². The molecular formula is C24H25N3O4S2. The van der Waals surface area contributed by atoms with Crippen LogP contribution in [0.2, 0.25) is 0 Å². The summed E-state index contributed by atoms with van der Waals surface area (Å²) in [6.45, 7) is 3.61. The molecule has 2 heterocycles. The Balaban J connectivity index is 1.31. The summed E-state index contributed by atoms with van der Waals surface area (Å²) in [5.74, 6) is 0.561. The molecule has 33 heavy (non-hydrogen) atoms. The highest BCUT2D eigenvalue weighted by Gasteiger charge is 2.29. The largest absolute Gasteiger partial charge is 0.487 e. The summed E-state index contributed by atoms with van der Waals surface area (Å²) in [5.41, 5.74) is 1.74. The first-order chi connectivity index (χ1) is 15.9.